The molecule has 28 heavy (non-hydrogen) atoms. The Morgan fingerprint density at radius 2 is 2.04 bits per heavy atom. The van der Waals surface area contributed by atoms with E-state index in [2.05, 4.69) is 25.5 Å². The lowest BCUT2D eigenvalue weighted by molar-refractivity contribution is 0.116. The molecule has 0 aromatic carbocycles. The molecule has 4 aromatic heterocycles. The van der Waals surface area contributed by atoms with Crippen molar-refractivity contribution in [2.24, 2.45) is 0 Å². The maximum absolute atomic E-state index is 12.6. The maximum atomic E-state index is 12.6. The van der Waals surface area contributed by atoms with Crippen LogP contribution in [-0.4, -0.2) is 30.2 Å². The quantitative estimate of drug-likeness (QED) is 0.519. The number of pyridine rings is 1. The van der Waals surface area contributed by atoms with Gasteiger partial charge in [-0.1, -0.05) is 12.1 Å². The SMILES string of the molecule is CCC(c1ccc(-c2nnc(C(F)F)o2)s1)n1cc(-c2ccc(N)nc2)nn1. The van der Waals surface area contributed by atoms with E-state index >= 15 is 0 Å². The van der Waals surface area contributed by atoms with Gasteiger partial charge in [0.2, 0.25) is 0 Å². The van der Waals surface area contributed by atoms with Crippen molar-refractivity contribution in [3.63, 3.8) is 0 Å². The summed E-state index contributed by atoms with van der Waals surface area (Å²) in [6, 6.07) is 7.13. The van der Waals surface area contributed by atoms with E-state index in [1.807, 2.05) is 25.3 Å². The van der Waals surface area contributed by atoms with Crippen molar-refractivity contribution in [1.82, 2.24) is 30.2 Å². The molecular weight excluding hydrogens is 388 g/mol. The fourth-order valence-corrected chi connectivity index (χ4v) is 3.81. The summed E-state index contributed by atoms with van der Waals surface area (Å²) in [7, 11) is 0. The Balaban J connectivity index is 1.59. The van der Waals surface area contributed by atoms with E-state index in [1.165, 1.54) is 11.3 Å². The third-order valence-corrected chi connectivity index (χ3v) is 5.27. The highest BCUT2D eigenvalue weighted by Gasteiger charge is 2.21. The van der Waals surface area contributed by atoms with Crippen LogP contribution in [0.3, 0.4) is 0 Å². The van der Waals surface area contributed by atoms with Gasteiger partial charge in [-0.15, -0.1) is 26.6 Å². The summed E-state index contributed by atoms with van der Waals surface area (Å²) in [4.78, 5) is 5.66. The lowest BCUT2D eigenvalue weighted by Crippen LogP contribution is -2.08. The van der Waals surface area contributed by atoms with Crippen molar-refractivity contribution in [3.05, 3.63) is 47.4 Å². The second-order valence-electron chi connectivity index (χ2n) is 5.93. The summed E-state index contributed by atoms with van der Waals surface area (Å²) in [5, 5.41) is 15.5. The maximum Gasteiger partial charge on any atom is 0.314 e. The van der Waals surface area contributed by atoms with Gasteiger partial charge in [0.05, 0.1) is 17.1 Å². The van der Waals surface area contributed by atoms with Crippen LogP contribution in [0.2, 0.25) is 0 Å². The summed E-state index contributed by atoms with van der Waals surface area (Å²) >= 11 is 1.39. The number of halogens is 2. The Morgan fingerprint density at radius 1 is 1.18 bits per heavy atom. The molecule has 0 aliphatic heterocycles. The average Bonchev–Trinajstić information content (AvgIpc) is 3.43. The van der Waals surface area contributed by atoms with Gasteiger partial charge in [-0.25, -0.2) is 9.67 Å². The first-order valence-electron chi connectivity index (χ1n) is 8.40. The molecule has 0 saturated carbocycles. The van der Waals surface area contributed by atoms with Crippen molar-refractivity contribution in [2.75, 3.05) is 5.73 Å². The van der Waals surface area contributed by atoms with Crippen LogP contribution in [0.25, 0.3) is 22.0 Å². The highest BCUT2D eigenvalue weighted by molar-refractivity contribution is 7.15. The topological polar surface area (TPSA) is 109 Å². The number of alkyl halides is 2. The fraction of sp³-hybridized carbons (Fsp3) is 0.235. The first-order chi connectivity index (χ1) is 13.5. The Bertz CT molecular complexity index is 1070. The molecule has 2 N–H and O–H groups in total. The Kier molecular flexibility index (Phi) is 4.82. The number of nitrogens with two attached hydrogens (primary N) is 1. The summed E-state index contributed by atoms with van der Waals surface area (Å²) in [6.45, 7) is 2.03. The molecule has 0 spiro atoms. The zero-order valence-corrected chi connectivity index (χ0v) is 15.5. The third-order valence-electron chi connectivity index (χ3n) is 4.09. The first-order valence-corrected chi connectivity index (χ1v) is 9.22. The molecule has 0 aliphatic carbocycles. The van der Waals surface area contributed by atoms with Crippen LogP contribution in [0.1, 0.15) is 36.6 Å². The van der Waals surface area contributed by atoms with E-state index in [-0.39, 0.29) is 11.9 Å². The number of anilines is 1. The van der Waals surface area contributed by atoms with Crippen LogP contribution < -0.4 is 5.73 Å². The van der Waals surface area contributed by atoms with Crippen molar-refractivity contribution in [3.8, 4) is 22.0 Å². The zero-order valence-electron chi connectivity index (χ0n) is 14.7. The van der Waals surface area contributed by atoms with Gasteiger partial charge in [-0.2, -0.15) is 8.78 Å². The molecule has 11 heteroatoms. The van der Waals surface area contributed by atoms with Crippen molar-refractivity contribution in [1.29, 1.82) is 0 Å². The van der Waals surface area contributed by atoms with Crippen LogP contribution in [0.15, 0.2) is 41.1 Å². The van der Waals surface area contributed by atoms with Gasteiger partial charge in [0.1, 0.15) is 11.5 Å². The van der Waals surface area contributed by atoms with E-state index in [1.54, 1.807) is 23.0 Å². The standard InChI is InChI=1S/C17H15F2N7OS/c1-2-11(26-8-10(22-25-26)9-3-6-14(20)21-7-9)12-4-5-13(28-12)16-23-24-17(27-16)15(18)19/h3-8,11,15H,2H2,1H3,(H2,20,21). The minimum atomic E-state index is -2.79. The summed E-state index contributed by atoms with van der Waals surface area (Å²) in [6.07, 6.45) is 1.45. The monoisotopic (exact) mass is 403 g/mol. The second kappa shape index (κ2) is 7.43. The number of hydrogen-bond acceptors (Lipinski definition) is 8. The molecule has 1 atom stereocenters. The number of thiophene rings is 1. The number of hydrogen-bond donors (Lipinski definition) is 1. The molecular formula is C17H15F2N7OS. The van der Waals surface area contributed by atoms with Crippen LogP contribution in [0, 0.1) is 0 Å². The molecule has 0 bridgehead atoms. The normalized spacial score (nSPS) is 12.6. The molecule has 144 valence electrons. The van der Waals surface area contributed by atoms with Crippen molar-refractivity contribution < 1.29 is 13.2 Å². The molecule has 4 aromatic rings. The molecule has 0 radical (unpaired) electrons. The van der Waals surface area contributed by atoms with E-state index in [0.717, 1.165) is 16.9 Å². The zero-order chi connectivity index (χ0) is 19.7. The highest BCUT2D eigenvalue weighted by atomic mass is 32.1. The van der Waals surface area contributed by atoms with Crippen LogP contribution in [0.4, 0.5) is 14.6 Å². The van der Waals surface area contributed by atoms with Crippen LogP contribution in [-0.2, 0) is 0 Å². The molecule has 0 amide bonds. The number of aromatic nitrogens is 6. The van der Waals surface area contributed by atoms with E-state index < -0.39 is 12.3 Å². The average molecular weight is 403 g/mol. The second-order valence-corrected chi connectivity index (χ2v) is 7.04. The van der Waals surface area contributed by atoms with Crippen LogP contribution >= 0.6 is 11.3 Å². The molecule has 1 unspecified atom stereocenters. The largest absolute Gasteiger partial charge is 0.414 e. The first kappa shape index (κ1) is 18.2. The van der Waals surface area contributed by atoms with Crippen molar-refractivity contribution >= 4 is 17.2 Å². The molecule has 0 saturated heterocycles. The number of nitrogen functional groups attached to an aromatic ring is 1. The van der Waals surface area contributed by atoms with E-state index in [0.29, 0.717) is 16.4 Å². The predicted octanol–water partition coefficient (Wildman–Crippen LogP) is 3.97. The Morgan fingerprint density at radius 3 is 2.71 bits per heavy atom. The lowest BCUT2D eigenvalue weighted by Gasteiger charge is -2.12. The predicted molar refractivity (Wildman–Crippen MR) is 98.7 cm³/mol. The van der Waals surface area contributed by atoms with Gasteiger partial charge in [0.15, 0.2) is 0 Å². The van der Waals surface area contributed by atoms with Gasteiger partial charge in [-0.3, -0.25) is 0 Å². The molecule has 0 fully saturated rings. The third kappa shape index (κ3) is 3.48. The molecule has 0 aliphatic rings. The Hall–Kier alpha value is -3.21. The molecule has 4 heterocycles. The highest BCUT2D eigenvalue weighted by Crippen LogP contribution is 2.34. The smallest absolute Gasteiger partial charge is 0.314 e. The van der Waals surface area contributed by atoms with Gasteiger partial charge in [0, 0.05) is 16.6 Å². The Labute approximate surface area is 162 Å². The summed E-state index contributed by atoms with van der Waals surface area (Å²) < 4.78 is 32.1. The van der Waals surface area contributed by atoms with Crippen LogP contribution in [0.5, 0.6) is 0 Å². The molecule has 8 nitrogen and oxygen atoms in total. The van der Waals surface area contributed by atoms with Gasteiger partial charge in [0.25, 0.3) is 11.8 Å². The minimum Gasteiger partial charge on any atom is -0.414 e. The lowest BCUT2D eigenvalue weighted by atomic mass is 10.2. The van der Waals surface area contributed by atoms with Gasteiger partial charge < -0.3 is 10.2 Å². The van der Waals surface area contributed by atoms with Gasteiger partial charge in [-0.05, 0) is 30.7 Å². The molecule has 4 rings (SSSR count). The fourth-order valence-electron chi connectivity index (χ4n) is 2.71. The summed E-state index contributed by atoms with van der Waals surface area (Å²) in [5.74, 6) is -0.173. The number of nitrogens with zero attached hydrogens (tertiary/aromatic N) is 6. The van der Waals surface area contributed by atoms with Gasteiger partial charge >= 0.3 is 6.43 Å². The van der Waals surface area contributed by atoms with E-state index in [9.17, 15) is 8.78 Å². The van der Waals surface area contributed by atoms with Crippen molar-refractivity contribution in [2.45, 2.75) is 25.8 Å². The van der Waals surface area contributed by atoms with E-state index in [4.69, 9.17) is 10.2 Å². The number of rotatable bonds is 6. The summed E-state index contributed by atoms with van der Waals surface area (Å²) in [5.41, 5.74) is 7.11. The minimum absolute atomic E-state index is 0.0702.